The summed E-state index contributed by atoms with van der Waals surface area (Å²) in [6.45, 7) is 1.24. The number of benzene rings is 1. The first-order valence-electron chi connectivity index (χ1n) is 3.82. The molecule has 0 fully saturated rings. The van der Waals surface area contributed by atoms with Crippen LogP contribution >= 0.6 is 11.6 Å². The van der Waals surface area contributed by atoms with Gasteiger partial charge < -0.3 is 5.32 Å². The molecule has 13 heavy (non-hydrogen) atoms. The van der Waals surface area contributed by atoms with E-state index in [0.29, 0.717) is 16.3 Å². The second-order valence-electron chi connectivity index (χ2n) is 3.15. The van der Waals surface area contributed by atoms with Crippen LogP contribution in [0, 0.1) is 0 Å². The molecule has 1 aromatic carbocycles. The SMILES string of the molecule is CC1(F)C(=O)Nc2cc(Cl)ccc21. The van der Waals surface area contributed by atoms with Crippen molar-refractivity contribution in [3.8, 4) is 0 Å². The largest absolute Gasteiger partial charge is 0.323 e. The monoisotopic (exact) mass is 199 g/mol. The molecule has 1 aliphatic heterocycles. The number of anilines is 1. The van der Waals surface area contributed by atoms with E-state index in [9.17, 15) is 9.18 Å². The molecule has 0 saturated heterocycles. The van der Waals surface area contributed by atoms with E-state index in [-0.39, 0.29) is 0 Å². The first-order valence-corrected chi connectivity index (χ1v) is 4.20. The summed E-state index contributed by atoms with van der Waals surface area (Å²) in [6, 6.07) is 4.63. The highest BCUT2D eigenvalue weighted by Crippen LogP contribution is 2.39. The lowest BCUT2D eigenvalue weighted by molar-refractivity contribution is -0.125. The van der Waals surface area contributed by atoms with Crippen LogP contribution in [0.2, 0.25) is 5.02 Å². The van der Waals surface area contributed by atoms with Crippen LogP contribution in [-0.2, 0) is 10.5 Å². The Morgan fingerprint density at radius 3 is 2.92 bits per heavy atom. The first kappa shape index (κ1) is 8.51. The van der Waals surface area contributed by atoms with Crippen LogP contribution in [0.1, 0.15) is 12.5 Å². The Hall–Kier alpha value is -1.09. The van der Waals surface area contributed by atoms with Crippen molar-refractivity contribution in [1.29, 1.82) is 0 Å². The number of hydrogen-bond acceptors (Lipinski definition) is 1. The molecule has 1 unspecified atom stereocenters. The number of halogens is 2. The summed E-state index contributed by atoms with van der Waals surface area (Å²) in [4.78, 5) is 11.1. The minimum absolute atomic E-state index is 0.349. The summed E-state index contributed by atoms with van der Waals surface area (Å²) in [5, 5.41) is 2.91. The molecule has 0 bridgehead atoms. The van der Waals surface area contributed by atoms with E-state index in [2.05, 4.69) is 5.32 Å². The summed E-state index contributed by atoms with van der Waals surface area (Å²) in [5.74, 6) is -0.634. The van der Waals surface area contributed by atoms with Crippen LogP contribution in [0.5, 0.6) is 0 Å². The highest BCUT2D eigenvalue weighted by molar-refractivity contribution is 6.31. The standard InChI is InChI=1S/C9H7ClFNO/c1-9(11)6-3-2-5(10)4-7(6)12-8(9)13/h2-4H,1H3,(H,12,13). The minimum atomic E-state index is -1.93. The van der Waals surface area contributed by atoms with E-state index in [1.54, 1.807) is 12.1 Å². The molecule has 2 rings (SSSR count). The van der Waals surface area contributed by atoms with Gasteiger partial charge in [0.25, 0.3) is 5.91 Å². The topological polar surface area (TPSA) is 29.1 Å². The molecular weight excluding hydrogens is 193 g/mol. The van der Waals surface area contributed by atoms with Crippen LogP contribution in [0.3, 0.4) is 0 Å². The second-order valence-corrected chi connectivity index (χ2v) is 3.58. The second kappa shape index (κ2) is 2.45. The molecule has 0 aromatic heterocycles. The van der Waals surface area contributed by atoms with E-state index in [0.717, 1.165) is 0 Å². The molecule has 1 atom stereocenters. The Morgan fingerprint density at radius 2 is 2.23 bits per heavy atom. The maximum Gasteiger partial charge on any atom is 0.266 e. The number of fused-ring (bicyclic) bond motifs is 1. The number of carbonyl (C=O) groups excluding carboxylic acids is 1. The van der Waals surface area contributed by atoms with E-state index in [4.69, 9.17) is 11.6 Å². The molecule has 0 saturated carbocycles. The normalized spacial score (nSPS) is 25.6. The molecule has 0 spiro atoms. The summed E-state index contributed by atoms with van der Waals surface area (Å²) >= 11 is 5.69. The van der Waals surface area contributed by atoms with Crippen molar-refractivity contribution >= 4 is 23.2 Å². The number of nitrogens with one attached hydrogen (secondary N) is 1. The van der Waals surface area contributed by atoms with Crippen molar-refractivity contribution in [2.45, 2.75) is 12.6 Å². The predicted molar refractivity (Wildman–Crippen MR) is 48.5 cm³/mol. The molecule has 1 N–H and O–H groups in total. The zero-order valence-corrected chi connectivity index (χ0v) is 7.65. The van der Waals surface area contributed by atoms with Crippen LogP contribution in [0.15, 0.2) is 18.2 Å². The van der Waals surface area contributed by atoms with Crippen molar-refractivity contribution < 1.29 is 9.18 Å². The lowest BCUT2D eigenvalue weighted by atomic mass is 10.0. The third kappa shape index (κ3) is 1.11. The highest BCUT2D eigenvalue weighted by atomic mass is 35.5. The number of amides is 1. The van der Waals surface area contributed by atoms with Crippen LogP contribution < -0.4 is 5.32 Å². The zero-order valence-electron chi connectivity index (χ0n) is 6.90. The van der Waals surface area contributed by atoms with Gasteiger partial charge in [0.15, 0.2) is 0 Å². The number of rotatable bonds is 0. The van der Waals surface area contributed by atoms with Gasteiger partial charge in [0.1, 0.15) is 0 Å². The van der Waals surface area contributed by atoms with Gasteiger partial charge in [-0.15, -0.1) is 0 Å². The Morgan fingerprint density at radius 1 is 1.54 bits per heavy atom. The van der Waals surface area contributed by atoms with Crippen molar-refractivity contribution in [3.63, 3.8) is 0 Å². The third-order valence-electron chi connectivity index (χ3n) is 2.16. The van der Waals surface area contributed by atoms with Gasteiger partial charge in [-0.3, -0.25) is 4.79 Å². The molecule has 1 aliphatic rings. The number of alkyl halides is 1. The fourth-order valence-electron chi connectivity index (χ4n) is 1.39. The minimum Gasteiger partial charge on any atom is -0.323 e. The molecule has 2 nitrogen and oxygen atoms in total. The summed E-state index contributed by atoms with van der Waals surface area (Å²) in [7, 11) is 0. The number of hydrogen-bond donors (Lipinski definition) is 1. The third-order valence-corrected chi connectivity index (χ3v) is 2.40. The Balaban J connectivity index is 2.62. The van der Waals surface area contributed by atoms with Crippen LogP contribution in [0.4, 0.5) is 10.1 Å². The van der Waals surface area contributed by atoms with Crippen molar-refractivity contribution in [2.24, 2.45) is 0 Å². The fraction of sp³-hybridized carbons (Fsp3) is 0.222. The molecule has 4 heteroatoms. The lowest BCUT2D eigenvalue weighted by Crippen LogP contribution is -2.25. The summed E-state index contributed by atoms with van der Waals surface area (Å²) < 4.78 is 13.7. The van der Waals surface area contributed by atoms with Crippen molar-refractivity contribution in [3.05, 3.63) is 28.8 Å². The maximum atomic E-state index is 13.7. The average Bonchev–Trinajstić information content (AvgIpc) is 2.23. The predicted octanol–water partition coefficient (Wildman–Crippen LogP) is 2.48. The molecular formula is C9H7ClFNO. The van der Waals surface area contributed by atoms with Gasteiger partial charge in [-0.05, 0) is 19.1 Å². The molecule has 68 valence electrons. The summed E-state index contributed by atoms with van der Waals surface area (Å²) in [5.41, 5.74) is -1.12. The van der Waals surface area contributed by atoms with Gasteiger partial charge >= 0.3 is 0 Å². The maximum absolute atomic E-state index is 13.7. The zero-order chi connectivity index (χ0) is 9.64. The van der Waals surface area contributed by atoms with Gasteiger partial charge in [0.05, 0.1) is 0 Å². The van der Waals surface area contributed by atoms with Gasteiger partial charge in [-0.2, -0.15) is 0 Å². The smallest absolute Gasteiger partial charge is 0.266 e. The van der Waals surface area contributed by atoms with Crippen LogP contribution in [0.25, 0.3) is 0 Å². The van der Waals surface area contributed by atoms with E-state index >= 15 is 0 Å². The first-order chi connectivity index (χ1) is 6.01. The quantitative estimate of drug-likeness (QED) is 0.684. The summed E-state index contributed by atoms with van der Waals surface area (Å²) in [6.07, 6.45) is 0. The molecule has 1 aromatic rings. The molecule has 1 heterocycles. The molecule has 0 radical (unpaired) electrons. The Bertz CT molecular complexity index is 389. The molecule has 1 amide bonds. The van der Waals surface area contributed by atoms with E-state index < -0.39 is 11.6 Å². The van der Waals surface area contributed by atoms with Gasteiger partial charge in [-0.1, -0.05) is 17.7 Å². The van der Waals surface area contributed by atoms with E-state index in [1.807, 2.05) is 0 Å². The van der Waals surface area contributed by atoms with Crippen LogP contribution in [-0.4, -0.2) is 5.91 Å². The Labute approximate surface area is 79.7 Å². The van der Waals surface area contributed by atoms with Crippen molar-refractivity contribution in [2.75, 3.05) is 5.32 Å². The van der Waals surface area contributed by atoms with Gasteiger partial charge in [0, 0.05) is 16.3 Å². The average molecular weight is 200 g/mol. The van der Waals surface area contributed by atoms with Gasteiger partial charge in [0.2, 0.25) is 5.67 Å². The highest BCUT2D eigenvalue weighted by Gasteiger charge is 2.42. The van der Waals surface area contributed by atoms with Gasteiger partial charge in [-0.25, -0.2) is 4.39 Å². The fourth-order valence-corrected chi connectivity index (χ4v) is 1.56. The lowest BCUT2D eigenvalue weighted by Gasteiger charge is -2.09. The number of carbonyl (C=O) groups is 1. The van der Waals surface area contributed by atoms with E-state index in [1.165, 1.54) is 13.0 Å². The Kier molecular flexibility index (Phi) is 1.60. The molecule has 0 aliphatic carbocycles. The van der Waals surface area contributed by atoms with Crippen molar-refractivity contribution in [1.82, 2.24) is 0 Å².